The molecule has 7 heteroatoms. The maximum atomic E-state index is 12.8. The number of sulfone groups is 1. The second-order valence-corrected chi connectivity index (χ2v) is 8.99. The first-order valence-corrected chi connectivity index (χ1v) is 10.7. The topological polar surface area (TPSA) is 72.3 Å². The number of nitrogens with zero attached hydrogens (tertiary/aromatic N) is 3. The van der Waals surface area contributed by atoms with E-state index in [-0.39, 0.29) is 18.2 Å². The first kappa shape index (κ1) is 19.1. The summed E-state index contributed by atoms with van der Waals surface area (Å²) in [6, 6.07) is 15.3. The van der Waals surface area contributed by atoms with E-state index in [4.69, 9.17) is 0 Å². The summed E-state index contributed by atoms with van der Waals surface area (Å²) in [6.07, 6.45) is 1.17. The Morgan fingerprint density at radius 1 is 1.11 bits per heavy atom. The van der Waals surface area contributed by atoms with E-state index < -0.39 is 9.84 Å². The number of para-hydroxylation sites is 2. The lowest BCUT2D eigenvalue weighted by atomic mass is 10.1. The molecule has 1 aromatic heterocycles. The van der Waals surface area contributed by atoms with Crippen LogP contribution in [0.1, 0.15) is 17.0 Å². The van der Waals surface area contributed by atoms with Crippen molar-refractivity contribution in [3.63, 3.8) is 0 Å². The molecule has 3 aromatic rings. The Hall–Kier alpha value is -2.67. The van der Waals surface area contributed by atoms with E-state index in [1.54, 1.807) is 16.5 Å². The average molecular weight is 385 g/mol. The molecule has 0 spiro atoms. The summed E-state index contributed by atoms with van der Waals surface area (Å²) in [7, 11) is -1.51. The van der Waals surface area contributed by atoms with Gasteiger partial charge in [0.1, 0.15) is 18.1 Å². The lowest BCUT2D eigenvalue weighted by Gasteiger charge is -2.19. The maximum absolute atomic E-state index is 12.8. The molecule has 0 N–H and O–H groups in total. The third-order valence-electron chi connectivity index (χ3n) is 4.51. The number of hydrogen-bond donors (Lipinski definition) is 0. The minimum absolute atomic E-state index is 0.0494. The highest BCUT2D eigenvalue weighted by Crippen LogP contribution is 2.18. The van der Waals surface area contributed by atoms with Crippen molar-refractivity contribution in [2.45, 2.75) is 25.8 Å². The predicted molar refractivity (Wildman–Crippen MR) is 106 cm³/mol. The molecule has 0 atom stereocenters. The van der Waals surface area contributed by atoms with E-state index in [1.165, 1.54) is 6.26 Å². The molecule has 0 unspecified atom stereocenters. The summed E-state index contributed by atoms with van der Waals surface area (Å²) >= 11 is 0. The van der Waals surface area contributed by atoms with Crippen LogP contribution in [0.15, 0.2) is 48.5 Å². The maximum Gasteiger partial charge on any atom is 0.242 e. The van der Waals surface area contributed by atoms with Crippen LogP contribution in [0.2, 0.25) is 0 Å². The van der Waals surface area contributed by atoms with Crippen LogP contribution in [0, 0.1) is 6.92 Å². The van der Waals surface area contributed by atoms with Crippen LogP contribution in [0.5, 0.6) is 0 Å². The SMILES string of the molecule is Cc1ccccc1CN(C)C(=O)Cn1c(CS(C)(=O)=O)nc2ccccc21. The van der Waals surface area contributed by atoms with Crippen LogP contribution < -0.4 is 0 Å². The zero-order chi connectivity index (χ0) is 19.6. The van der Waals surface area contributed by atoms with Gasteiger partial charge < -0.3 is 9.47 Å². The second-order valence-electron chi connectivity index (χ2n) is 6.85. The smallest absolute Gasteiger partial charge is 0.242 e. The Morgan fingerprint density at radius 3 is 2.48 bits per heavy atom. The fourth-order valence-corrected chi connectivity index (χ4v) is 3.72. The van der Waals surface area contributed by atoms with Gasteiger partial charge >= 0.3 is 0 Å². The molecule has 0 saturated heterocycles. The van der Waals surface area contributed by atoms with Gasteiger partial charge in [0.2, 0.25) is 5.91 Å². The Morgan fingerprint density at radius 2 is 1.78 bits per heavy atom. The number of fused-ring (bicyclic) bond motifs is 1. The monoisotopic (exact) mass is 385 g/mol. The highest BCUT2D eigenvalue weighted by molar-refractivity contribution is 7.89. The molecule has 3 rings (SSSR count). The highest BCUT2D eigenvalue weighted by atomic mass is 32.2. The number of carbonyl (C=O) groups excluding carboxylic acids is 1. The molecule has 0 bridgehead atoms. The van der Waals surface area contributed by atoms with Gasteiger partial charge in [-0.05, 0) is 30.2 Å². The quantitative estimate of drug-likeness (QED) is 0.654. The number of carbonyl (C=O) groups is 1. The van der Waals surface area contributed by atoms with Crippen molar-refractivity contribution < 1.29 is 13.2 Å². The first-order chi connectivity index (χ1) is 12.7. The van der Waals surface area contributed by atoms with E-state index in [2.05, 4.69) is 4.98 Å². The Kier molecular flexibility index (Phi) is 5.32. The molecular formula is C20H23N3O3S. The number of aromatic nitrogens is 2. The zero-order valence-electron chi connectivity index (χ0n) is 15.7. The zero-order valence-corrected chi connectivity index (χ0v) is 16.5. The van der Waals surface area contributed by atoms with Gasteiger partial charge in [-0.2, -0.15) is 0 Å². The van der Waals surface area contributed by atoms with Crippen molar-refractivity contribution >= 4 is 26.8 Å². The summed E-state index contributed by atoms with van der Waals surface area (Å²) < 4.78 is 25.3. The molecule has 1 heterocycles. The van der Waals surface area contributed by atoms with Crippen LogP contribution in [0.3, 0.4) is 0 Å². The Bertz CT molecular complexity index is 1090. The number of imidazole rings is 1. The lowest BCUT2D eigenvalue weighted by Crippen LogP contribution is -2.30. The van der Waals surface area contributed by atoms with Crippen LogP contribution >= 0.6 is 0 Å². The van der Waals surface area contributed by atoms with E-state index in [0.29, 0.717) is 17.9 Å². The number of hydrogen-bond acceptors (Lipinski definition) is 4. The van der Waals surface area contributed by atoms with Crippen LogP contribution in [-0.4, -0.2) is 42.1 Å². The van der Waals surface area contributed by atoms with Crippen molar-refractivity contribution in [2.75, 3.05) is 13.3 Å². The van der Waals surface area contributed by atoms with E-state index in [1.807, 2.05) is 55.5 Å². The van der Waals surface area contributed by atoms with Crippen molar-refractivity contribution in [2.24, 2.45) is 0 Å². The highest BCUT2D eigenvalue weighted by Gasteiger charge is 2.19. The van der Waals surface area contributed by atoms with Crippen molar-refractivity contribution in [1.82, 2.24) is 14.5 Å². The number of rotatable bonds is 6. The molecule has 27 heavy (non-hydrogen) atoms. The third kappa shape index (κ3) is 4.54. The van der Waals surface area contributed by atoms with E-state index in [9.17, 15) is 13.2 Å². The first-order valence-electron chi connectivity index (χ1n) is 8.65. The molecule has 1 amide bonds. The van der Waals surface area contributed by atoms with Gasteiger partial charge in [-0.3, -0.25) is 4.79 Å². The van der Waals surface area contributed by atoms with Gasteiger partial charge in [0, 0.05) is 19.8 Å². The summed E-state index contributed by atoms with van der Waals surface area (Å²) in [6.45, 7) is 2.56. The van der Waals surface area contributed by atoms with Crippen molar-refractivity contribution in [3.8, 4) is 0 Å². The third-order valence-corrected chi connectivity index (χ3v) is 5.30. The molecule has 0 saturated carbocycles. The lowest BCUT2D eigenvalue weighted by molar-refractivity contribution is -0.131. The van der Waals surface area contributed by atoms with E-state index >= 15 is 0 Å². The fourth-order valence-electron chi connectivity index (χ4n) is 3.03. The molecule has 0 aliphatic heterocycles. The van der Waals surface area contributed by atoms with Crippen LogP contribution in [-0.2, 0) is 33.5 Å². The normalized spacial score (nSPS) is 11.7. The molecule has 6 nitrogen and oxygen atoms in total. The molecule has 0 aliphatic rings. The second kappa shape index (κ2) is 7.52. The van der Waals surface area contributed by atoms with Gasteiger partial charge in [0.15, 0.2) is 9.84 Å². The summed E-state index contributed by atoms with van der Waals surface area (Å²) in [5, 5.41) is 0. The largest absolute Gasteiger partial charge is 0.340 e. The number of benzene rings is 2. The minimum atomic E-state index is -3.27. The number of amides is 1. The van der Waals surface area contributed by atoms with Crippen LogP contribution in [0.4, 0.5) is 0 Å². The summed E-state index contributed by atoms with van der Waals surface area (Å²) in [5.74, 6) is 0.0868. The number of likely N-dealkylation sites (N-methyl/N-ethyl adjacent to an activating group) is 1. The molecule has 2 aromatic carbocycles. The van der Waals surface area contributed by atoms with Gasteiger partial charge in [-0.25, -0.2) is 13.4 Å². The van der Waals surface area contributed by atoms with Crippen molar-refractivity contribution in [1.29, 1.82) is 0 Å². The van der Waals surface area contributed by atoms with Gasteiger partial charge in [0.25, 0.3) is 0 Å². The van der Waals surface area contributed by atoms with Crippen molar-refractivity contribution in [3.05, 3.63) is 65.5 Å². The standard InChI is InChI=1S/C20H23N3O3S/c1-15-8-4-5-9-16(15)12-22(2)20(24)13-23-18-11-7-6-10-17(18)21-19(23)14-27(3,25)26/h4-11H,12-14H2,1-3H3. The van der Waals surface area contributed by atoms with Gasteiger partial charge in [0.05, 0.1) is 11.0 Å². The average Bonchev–Trinajstić information content (AvgIpc) is 2.92. The Balaban J connectivity index is 1.87. The van der Waals surface area contributed by atoms with E-state index in [0.717, 1.165) is 16.6 Å². The predicted octanol–water partition coefficient (Wildman–Crippen LogP) is 2.55. The fraction of sp³-hybridized carbons (Fsp3) is 0.300. The molecule has 142 valence electrons. The molecule has 0 fully saturated rings. The van der Waals surface area contributed by atoms with Crippen LogP contribution in [0.25, 0.3) is 11.0 Å². The summed E-state index contributed by atoms with van der Waals surface area (Å²) in [5.41, 5.74) is 3.66. The molecular weight excluding hydrogens is 362 g/mol. The summed E-state index contributed by atoms with van der Waals surface area (Å²) in [4.78, 5) is 18.9. The number of aryl methyl sites for hydroxylation is 1. The minimum Gasteiger partial charge on any atom is -0.340 e. The Labute approximate surface area is 159 Å². The van der Waals surface area contributed by atoms with Gasteiger partial charge in [-0.15, -0.1) is 0 Å². The molecule has 0 radical (unpaired) electrons. The van der Waals surface area contributed by atoms with Gasteiger partial charge in [-0.1, -0.05) is 36.4 Å². The molecule has 0 aliphatic carbocycles.